The fourth-order valence-electron chi connectivity index (χ4n) is 5.11. The fraction of sp³-hybridized carbons (Fsp3) is 0.400. The van der Waals surface area contributed by atoms with E-state index in [1.807, 2.05) is 13.8 Å². The summed E-state index contributed by atoms with van der Waals surface area (Å²) in [7, 11) is 0. The van der Waals surface area contributed by atoms with Crippen molar-refractivity contribution >= 4 is 34.6 Å². The lowest BCUT2D eigenvalue weighted by Gasteiger charge is -2.29. The lowest BCUT2D eigenvalue weighted by molar-refractivity contribution is 0.0526. The van der Waals surface area contributed by atoms with E-state index in [2.05, 4.69) is 17.6 Å². The highest BCUT2D eigenvalue weighted by Crippen LogP contribution is 2.52. The van der Waals surface area contributed by atoms with Crippen molar-refractivity contribution in [3.63, 3.8) is 0 Å². The van der Waals surface area contributed by atoms with Gasteiger partial charge in [0.2, 0.25) is 11.6 Å². The number of unbranched alkanes of at least 4 members (excludes halogenated alkanes) is 3. The molecule has 0 saturated carbocycles. The summed E-state index contributed by atoms with van der Waals surface area (Å²) < 4.78 is 17.8. The highest BCUT2D eigenvalue weighted by atomic mass is 16.5. The molecule has 1 aliphatic rings. The molecule has 4 rings (SSSR count). The van der Waals surface area contributed by atoms with E-state index in [1.165, 1.54) is 12.1 Å². The molecule has 0 unspecified atom stereocenters. The number of hydrogen-bond acceptors (Lipinski definition) is 10. The summed E-state index contributed by atoms with van der Waals surface area (Å²) in [6.07, 6.45) is 4.70. The molecule has 0 heterocycles. The zero-order chi connectivity index (χ0) is 32.5. The Morgan fingerprint density at radius 1 is 0.733 bits per heavy atom. The first kappa shape index (κ1) is 33.2. The first-order valence-corrected chi connectivity index (χ1v) is 15.7. The van der Waals surface area contributed by atoms with Gasteiger partial charge in [-0.15, -0.1) is 0 Å². The maximum absolute atomic E-state index is 14.3. The van der Waals surface area contributed by atoms with Crippen LogP contribution in [0.2, 0.25) is 0 Å². The Hall–Kier alpha value is -4.73. The van der Waals surface area contributed by atoms with Gasteiger partial charge in [0.1, 0.15) is 22.9 Å². The van der Waals surface area contributed by atoms with Crippen molar-refractivity contribution in [2.75, 3.05) is 37.0 Å². The van der Waals surface area contributed by atoms with Crippen LogP contribution in [0.25, 0.3) is 0 Å². The van der Waals surface area contributed by atoms with E-state index in [9.17, 15) is 24.6 Å². The van der Waals surface area contributed by atoms with Crippen LogP contribution in [0.5, 0.6) is 23.0 Å². The third kappa shape index (κ3) is 7.00. The Balaban J connectivity index is 2.05. The van der Waals surface area contributed by atoms with Gasteiger partial charge in [-0.25, -0.2) is 4.79 Å². The van der Waals surface area contributed by atoms with E-state index in [-0.39, 0.29) is 53.6 Å². The number of hydrogen-bond donors (Lipinski definition) is 4. The number of aromatic hydroxyl groups is 2. The van der Waals surface area contributed by atoms with E-state index in [0.717, 1.165) is 25.7 Å². The van der Waals surface area contributed by atoms with Crippen LogP contribution < -0.4 is 20.1 Å². The van der Waals surface area contributed by atoms with Gasteiger partial charge in [0.25, 0.3) is 0 Å². The lowest BCUT2D eigenvalue weighted by Crippen LogP contribution is -2.25. The number of ether oxygens (including phenoxy) is 3. The minimum absolute atomic E-state index is 0.0409. The molecule has 0 bridgehead atoms. The van der Waals surface area contributed by atoms with Gasteiger partial charge in [-0.05, 0) is 56.5 Å². The normalized spacial score (nSPS) is 11.9. The van der Waals surface area contributed by atoms with Gasteiger partial charge < -0.3 is 35.1 Å². The lowest BCUT2D eigenvalue weighted by atomic mass is 9.81. The summed E-state index contributed by atoms with van der Waals surface area (Å²) in [6, 6.07) is 9.11. The highest BCUT2D eigenvalue weighted by Gasteiger charge is 2.42. The average molecular weight is 619 g/mol. The number of fused-ring (bicyclic) bond motifs is 2. The summed E-state index contributed by atoms with van der Waals surface area (Å²) in [6.45, 7) is 9.06. The van der Waals surface area contributed by atoms with Crippen molar-refractivity contribution in [2.24, 2.45) is 0 Å². The number of phenolic OH excluding ortho intramolecular Hbond substituents is 2. The minimum atomic E-state index is -0.678. The number of carbonyl (C=O) groups is 3. The van der Waals surface area contributed by atoms with E-state index in [1.54, 1.807) is 31.2 Å². The third-order valence-electron chi connectivity index (χ3n) is 7.44. The van der Waals surface area contributed by atoms with E-state index < -0.39 is 29.0 Å². The van der Waals surface area contributed by atoms with Crippen molar-refractivity contribution in [3.05, 3.63) is 64.2 Å². The van der Waals surface area contributed by atoms with Crippen molar-refractivity contribution < 1.29 is 38.8 Å². The standard InChI is InChI=1S/C35H42N2O8/c1-5-9-17-36-29-30(37-22-14-12-13-21(20-22)35(42)43-8-4)34(45-19-11-7-3)28-27(33(29)44-18-10-6-2)31(40)25-23(38)15-16-24(39)26(25)32(28)41/h12-16,20,36-39H,5-11,17-19H2,1-4H3. The average Bonchev–Trinajstić information content (AvgIpc) is 3.03. The zero-order valence-corrected chi connectivity index (χ0v) is 26.4. The molecule has 10 nitrogen and oxygen atoms in total. The first-order chi connectivity index (χ1) is 21.8. The molecule has 0 atom stereocenters. The van der Waals surface area contributed by atoms with E-state index >= 15 is 0 Å². The molecule has 0 fully saturated rings. The minimum Gasteiger partial charge on any atom is -0.507 e. The topological polar surface area (TPSA) is 143 Å². The summed E-state index contributed by atoms with van der Waals surface area (Å²) in [5, 5.41) is 28.2. The van der Waals surface area contributed by atoms with Gasteiger partial charge in [0.05, 0.1) is 47.6 Å². The first-order valence-electron chi connectivity index (χ1n) is 15.7. The molecule has 0 spiro atoms. The van der Waals surface area contributed by atoms with Crippen LogP contribution >= 0.6 is 0 Å². The van der Waals surface area contributed by atoms with Gasteiger partial charge in [0.15, 0.2) is 11.5 Å². The number of benzene rings is 3. The Morgan fingerprint density at radius 2 is 1.29 bits per heavy atom. The molecule has 3 aromatic carbocycles. The molecule has 0 amide bonds. The summed E-state index contributed by atoms with van der Waals surface area (Å²) in [5.41, 5.74) is 0.905. The number of anilines is 3. The molecular weight excluding hydrogens is 576 g/mol. The quantitative estimate of drug-likeness (QED) is 0.0571. The van der Waals surface area contributed by atoms with Crippen molar-refractivity contribution in [3.8, 4) is 23.0 Å². The van der Waals surface area contributed by atoms with Gasteiger partial charge >= 0.3 is 5.97 Å². The van der Waals surface area contributed by atoms with Crippen LogP contribution in [0.4, 0.5) is 17.1 Å². The number of phenols is 2. The van der Waals surface area contributed by atoms with Crippen molar-refractivity contribution in [2.45, 2.75) is 66.2 Å². The molecule has 4 N–H and O–H groups in total. The predicted octanol–water partition coefficient (Wildman–Crippen LogP) is 7.36. The molecule has 1 aliphatic carbocycles. The fourth-order valence-corrected chi connectivity index (χ4v) is 5.11. The monoisotopic (exact) mass is 618 g/mol. The molecule has 0 radical (unpaired) electrons. The van der Waals surface area contributed by atoms with E-state index in [0.29, 0.717) is 42.0 Å². The maximum Gasteiger partial charge on any atom is 0.338 e. The van der Waals surface area contributed by atoms with Crippen LogP contribution in [0.3, 0.4) is 0 Å². The number of carbonyl (C=O) groups excluding carboxylic acids is 3. The molecule has 240 valence electrons. The molecule has 0 aliphatic heterocycles. The SMILES string of the molecule is CCCCNc1c(Nc2cccc(C(=O)OCC)c2)c(OCCCC)c2c(c1OCCCC)C(=O)c1c(O)ccc(O)c1C2=O. The van der Waals surface area contributed by atoms with Crippen LogP contribution in [-0.2, 0) is 4.74 Å². The molecule has 10 heteroatoms. The van der Waals surface area contributed by atoms with Gasteiger partial charge in [-0.3, -0.25) is 9.59 Å². The maximum atomic E-state index is 14.3. The molecule has 45 heavy (non-hydrogen) atoms. The Bertz CT molecular complexity index is 1570. The largest absolute Gasteiger partial charge is 0.507 e. The molecule has 0 saturated heterocycles. The zero-order valence-electron chi connectivity index (χ0n) is 26.4. The number of esters is 1. The summed E-state index contributed by atoms with van der Waals surface area (Å²) in [4.78, 5) is 41.1. The Morgan fingerprint density at radius 3 is 1.82 bits per heavy atom. The van der Waals surface area contributed by atoms with Crippen LogP contribution in [-0.4, -0.2) is 54.1 Å². The second kappa shape index (κ2) is 15.3. The second-order valence-corrected chi connectivity index (χ2v) is 10.8. The predicted molar refractivity (Wildman–Crippen MR) is 173 cm³/mol. The number of rotatable bonds is 16. The summed E-state index contributed by atoms with van der Waals surface area (Å²) >= 11 is 0. The van der Waals surface area contributed by atoms with Crippen LogP contribution in [0.15, 0.2) is 36.4 Å². The molecule has 3 aromatic rings. The van der Waals surface area contributed by atoms with Crippen LogP contribution in [0.1, 0.15) is 108 Å². The van der Waals surface area contributed by atoms with Crippen molar-refractivity contribution in [1.29, 1.82) is 0 Å². The summed E-state index contributed by atoms with van der Waals surface area (Å²) in [5.74, 6) is -2.41. The number of nitrogens with one attached hydrogen (secondary N) is 2. The van der Waals surface area contributed by atoms with E-state index in [4.69, 9.17) is 14.2 Å². The Kier molecular flexibility index (Phi) is 11.3. The van der Waals surface area contributed by atoms with Crippen LogP contribution in [0, 0.1) is 0 Å². The highest BCUT2D eigenvalue weighted by molar-refractivity contribution is 6.33. The van der Waals surface area contributed by atoms with Crippen molar-refractivity contribution in [1.82, 2.24) is 0 Å². The Labute approximate surface area is 263 Å². The van der Waals surface area contributed by atoms with Gasteiger partial charge in [-0.2, -0.15) is 0 Å². The van der Waals surface area contributed by atoms with Gasteiger partial charge in [0, 0.05) is 12.2 Å². The second-order valence-electron chi connectivity index (χ2n) is 10.8. The molecule has 0 aromatic heterocycles. The number of ketones is 2. The smallest absolute Gasteiger partial charge is 0.338 e. The third-order valence-corrected chi connectivity index (χ3v) is 7.44. The van der Waals surface area contributed by atoms with Gasteiger partial charge in [-0.1, -0.05) is 46.1 Å². The molecular formula is C35H42N2O8.